The molecule has 0 fully saturated rings. The van der Waals surface area contributed by atoms with Crippen molar-refractivity contribution >= 4 is 11.8 Å². The summed E-state index contributed by atoms with van der Waals surface area (Å²) in [5.41, 5.74) is 0. The van der Waals surface area contributed by atoms with E-state index in [1.54, 1.807) is 0 Å². The van der Waals surface area contributed by atoms with Gasteiger partial charge in [0.2, 0.25) is 0 Å². The van der Waals surface area contributed by atoms with Gasteiger partial charge in [-0.2, -0.15) is 17.0 Å². The highest BCUT2D eigenvalue weighted by Crippen LogP contribution is 2.07. The minimum Gasteiger partial charge on any atom is -0.316 e. The van der Waals surface area contributed by atoms with Crippen molar-refractivity contribution in [3.8, 4) is 6.07 Å². The van der Waals surface area contributed by atoms with Gasteiger partial charge in [-0.15, -0.1) is 0 Å². The van der Waals surface area contributed by atoms with Crippen molar-refractivity contribution in [1.82, 2.24) is 5.32 Å². The van der Waals surface area contributed by atoms with Gasteiger partial charge in [0.15, 0.2) is 0 Å². The summed E-state index contributed by atoms with van der Waals surface area (Å²) in [5, 5.41) is 12.2. The van der Waals surface area contributed by atoms with Crippen LogP contribution < -0.4 is 5.32 Å². The molecule has 0 aromatic carbocycles. The van der Waals surface area contributed by atoms with Gasteiger partial charge in [0.25, 0.3) is 0 Å². The third-order valence-electron chi connectivity index (χ3n) is 1.54. The number of rotatable bonds is 6. The molecule has 0 amide bonds. The molecular formula is C8H16N2S. The highest BCUT2D eigenvalue weighted by molar-refractivity contribution is 7.99. The lowest BCUT2D eigenvalue weighted by atomic mass is 10.3. The summed E-state index contributed by atoms with van der Waals surface area (Å²) in [4.78, 5) is 0. The predicted octanol–water partition coefficient (Wildman–Crippen LogP) is 1.63. The van der Waals surface area contributed by atoms with E-state index >= 15 is 0 Å². The Kier molecular flexibility index (Phi) is 7.76. The molecule has 0 bridgehead atoms. The molecule has 0 aliphatic carbocycles. The van der Waals surface area contributed by atoms with Gasteiger partial charge in [-0.1, -0.05) is 6.92 Å². The van der Waals surface area contributed by atoms with Gasteiger partial charge in [0.05, 0.1) is 6.07 Å². The van der Waals surface area contributed by atoms with Crippen LogP contribution in [0, 0.1) is 11.3 Å². The standard InChI is InChI=1S/C8H16N2S/c1-8(11-2)4-7-10-6-3-5-9/h8,10H,3-4,6-7H2,1-2H3. The summed E-state index contributed by atoms with van der Waals surface area (Å²) >= 11 is 1.88. The molecule has 0 aromatic rings. The lowest BCUT2D eigenvalue weighted by molar-refractivity contribution is 0.654. The van der Waals surface area contributed by atoms with Crippen LogP contribution in [0.25, 0.3) is 0 Å². The van der Waals surface area contributed by atoms with E-state index in [2.05, 4.69) is 24.6 Å². The SMILES string of the molecule is CSC(C)CCNCCC#N. The number of nitrogens with one attached hydrogen (secondary N) is 1. The van der Waals surface area contributed by atoms with Gasteiger partial charge in [0.1, 0.15) is 0 Å². The largest absolute Gasteiger partial charge is 0.316 e. The topological polar surface area (TPSA) is 35.8 Å². The van der Waals surface area contributed by atoms with E-state index in [0.29, 0.717) is 6.42 Å². The Morgan fingerprint density at radius 1 is 1.55 bits per heavy atom. The van der Waals surface area contributed by atoms with Gasteiger partial charge in [-0.05, 0) is 19.2 Å². The smallest absolute Gasteiger partial charge is 0.0635 e. The summed E-state index contributed by atoms with van der Waals surface area (Å²) in [7, 11) is 0. The van der Waals surface area contributed by atoms with Crippen LogP contribution in [0.2, 0.25) is 0 Å². The quantitative estimate of drug-likeness (QED) is 0.619. The Bertz CT molecular complexity index is 120. The Hall–Kier alpha value is -0.200. The Morgan fingerprint density at radius 2 is 2.27 bits per heavy atom. The summed E-state index contributed by atoms with van der Waals surface area (Å²) in [5.74, 6) is 0. The minimum atomic E-state index is 0.619. The van der Waals surface area contributed by atoms with Gasteiger partial charge in [0, 0.05) is 18.2 Å². The molecule has 0 aromatic heterocycles. The van der Waals surface area contributed by atoms with Crippen molar-refractivity contribution in [2.45, 2.75) is 25.0 Å². The third-order valence-corrected chi connectivity index (χ3v) is 2.58. The number of hydrogen-bond acceptors (Lipinski definition) is 3. The fourth-order valence-electron chi connectivity index (χ4n) is 0.692. The van der Waals surface area contributed by atoms with E-state index < -0.39 is 0 Å². The molecule has 3 heteroatoms. The van der Waals surface area contributed by atoms with E-state index in [1.165, 1.54) is 6.42 Å². The molecule has 0 radical (unpaired) electrons. The van der Waals surface area contributed by atoms with Gasteiger partial charge in [-0.25, -0.2) is 0 Å². The van der Waals surface area contributed by atoms with Crippen LogP contribution in [0.4, 0.5) is 0 Å². The molecule has 1 unspecified atom stereocenters. The second-order valence-electron chi connectivity index (χ2n) is 2.49. The van der Waals surface area contributed by atoms with Crippen LogP contribution in [0.15, 0.2) is 0 Å². The molecule has 0 aliphatic rings. The summed E-state index contributed by atoms with van der Waals surface area (Å²) in [6, 6.07) is 2.10. The van der Waals surface area contributed by atoms with Crippen molar-refractivity contribution < 1.29 is 0 Å². The molecule has 64 valence electrons. The van der Waals surface area contributed by atoms with Crippen LogP contribution in [0.1, 0.15) is 19.8 Å². The van der Waals surface area contributed by atoms with E-state index in [4.69, 9.17) is 5.26 Å². The van der Waals surface area contributed by atoms with Gasteiger partial charge < -0.3 is 5.32 Å². The zero-order valence-corrected chi connectivity index (χ0v) is 8.08. The average Bonchev–Trinajstić information content (AvgIpc) is 2.04. The molecule has 0 saturated heterocycles. The highest BCUT2D eigenvalue weighted by atomic mass is 32.2. The fourth-order valence-corrected chi connectivity index (χ4v) is 1.05. The summed E-state index contributed by atoms with van der Waals surface area (Å²) < 4.78 is 0. The normalized spacial score (nSPS) is 12.5. The maximum atomic E-state index is 8.23. The van der Waals surface area contributed by atoms with Gasteiger partial charge >= 0.3 is 0 Å². The van der Waals surface area contributed by atoms with E-state index in [0.717, 1.165) is 18.3 Å². The molecule has 1 atom stereocenters. The maximum absolute atomic E-state index is 8.23. The van der Waals surface area contributed by atoms with Crippen molar-refractivity contribution in [3.63, 3.8) is 0 Å². The highest BCUT2D eigenvalue weighted by Gasteiger charge is 1.96. The van der Waals surface area contributed by atoms with Crippen LogP contribution in [0.5, 0.6) is 0 Å². The molecule has 0 saturated carbocycles. The maximum Gasteiger partial charge on any atom is 0.0635 e. The molecule has 11 heavy (non-hydrogen) atoms. The second kappa shape index (κ2) is 7.90. The first-order valence-electron chi connectivity index (χ1n) is 3.91. The summed E-state index contributed by atoms with van der Waals surface area (Å²) in [6.07, 6.45) is 3.93. The first kappa shape index (κ1) is 10.8. The zero-order valence-electron chi connectivity index (χ0n) is 7.26. The lowest BCUT2D eigenvalue weighted by Gasteiger charge is -2.07. The number of nitriles is 1. The molecule has 0 rings (SSSR count). The number of nitrogens with zero attached hydrogens (tertiary/aromatic N) is 1. The Morgan fingerprint density at radius 3 is 2.82 bits per heavy atom. The molecule has 1 N–H and O–H groups in total. The first-order chi connectivity index (χ1) is 5.31. The molecule has 0 spiro atoms. The molecule has 2 nitrogen and oxygen atoms in total. The van der Waals surface area contributed by atoms with Gasteiger partial charge in [-0.3, -0.25) is 0 Å². The van der Waals surface area contributed by atoms with Crippen LogP contribution >= 0.6 is 11.8 Å². The Labute approximate surface area is 73.4 Å². The second-order valence-corrected chi connectivity index (χ2v) is 3.77. The van der Waals surface area contributed by atoms with E-state index in [1.807, 2.05) is 11.8 Å². The fraction of sp³-hybridized carbons (Fsp3) is 0.875. The lowest BCUT2D eigenvalue weighted by Crippen LogP contribution is -2.18. The van der Waals surface area contributed by atoms with Crippen molar-refractivity contribution in [2.24, 2.45) is 0 Å². The van der Waals surface area contributed by atoms with E-state index in [-0.39, 0.29) is 0 Å². The summed E-state index contributed by atoms with van der Waals surface area (Å²) in [6.45, 7) is 4.08. The van der Waals surface area contributed by atoms with Crippen molar-refractivity contribution in [2.75, 3.05) is 19.3 Å². The molecular weight excluding hydrogens is 156 g/mol. The molecule has 0 heterocycles. The zero-order chi connectivity index (χ0) is 8.53. The predicted molar refractivity (Wildman–Crippen MR) is 50.7 cm³/mol. The van der Waals surface area contributed by atoms with E-state index in [9.17, 15) is 0 Å². The monoisotopic (exact) mass is 172 g/mol. The van der Waals surface area contributed by atoms with Crippen LogP contribution in [-0.4, -0.2) is 24.6 Å². The van der Waals surface area contributed by atoms with Crippen molar-refractivity contribution in [1.29, 1.82) is 5.26 Å². The average molecular weight is 172 g/mol. The molecule has 0 aliphatic heterocycles. The van der Waals surface area contributed by atoms with Crippen LogP contribution in [0.3, 0.4) is 0 Å². The number of hydrogen-bond donors (Lipinski definition) is 1. The minimum absolute atomic E-state index is 0.619. The first-order valence-corrected chi connectivity index (χ1v) is 5.20. The third kappa shape index (κ3) is 7.70. The number of thioether (sulfide) groups is 1. The van der Waals surface area contributed by atoms with Crippen LogP contribution in [-0.2, 0) is 0 Å². The van der Waals surface area contributed by atoms with Crippen molar-refractivity contribution in [3.05, 3.63) is 0 Å². The Balaban J connectivity index is 2.97.